The second-order valence-corrected chi connectivity index (χ2v) is 5.37. The van der Waals surface area contributed by atoms with Crippen molar-refractivity contribution < 1.29 is 0 Å². The molecule has 0 aliphatic carbocycles. The Bertz CT molecular complexity index is 372. The van der Waals surface area contributed by atoms with Gasteiger partial charge in [0.15, 0.2) is 5.16 Å². The number of hydrogen-bond acceptors (Lipinski definition) is 7. The molecule has 2 heterocycles. The van der Waals surface area contributed by atoms with Crippen molar-refractivity contribution in [2.24, 2.45) is 5.84 Å². The largest absolute Gasteiger partial charge is 0.369 e. The summed E-state index contributed by atoms with van der Waals surface area (Å²) in [6.45, 7) is 4.40. The van der Waals surface area contributed by atoms with Crippen LogP contribution in [0.1, 0.15) is 19.3 Å². The van der Waals surface area contributed by atoms with Gasteiger partial charge in [0.05, 0.1) is 0 Å². The summed E-state index contributed by atoms with van der Waals surface area (Å²) < 4.78 is 0. The third-order valence-corrected chi connectivity index (χ3v) is 3.77. The predicted octanol–water partition coefficient (Wildman–Crippen LogP) is 1.38. The lowest BCUT2D eigenvalue weighted by Crippen LogP contribution is -2.33. The van der Waals surface area contributed by atoms with Gasteiger partial charge in [-0.1, -0.05) is 18.2 Å². The zero-order chi connectivity index (χ0) is 13.5. The van der Waals surface area contributed by atoms with E-state index >= 15 is 0 Å². The van der Waals surface area contributed by atoms with Crippen molar-refractivity contribution in [1.82, 2.24) is 14.9 Å². The molecule has 0 aromatic carbocycles. The van der Waals surface area contributed by atoms with Gasteiger partial charge in [-0.3, -0.25) is 0 Å². The van der Waals surface area contributed by atoms with Gasteiger partial charge in [0, 0.05) is 19.2 Å². The minimum atomic E-state index is 0.639. The fourth-order valence-corrected chi connectivity index (χ4v) is 2.59. The first kappa shape index (κ1) is 14.4. The van der Waals surface area contributed by atoms with Crippen LogP contribution in [0.5, 0.6) is 0 Å². The molecule has 19 heavy (non-hydrogen) atoms. The molecular formula is C12H22N6S. The Balaban J connectivity index is 1.84. The highest BCUT2D eigenvalue weighted by Crippen LogP contribution is 2.16. The predicted molar refractivity (Wildman–Crippen MR) is 80.4 cm³/mol. The number of nitrogens with zero attached hydrogens (tertiary/aromatic N) is 3. The topological polar surface area (TPSA) is 79.1 Å². The first-order valence-electron chi connectivity index (χ1n) is 6.68. The minimum Gasteiger partial charge on any atom is -0.369 e. The number of likely N-dealkylation sites (tertiary alicyclic amines) is 1. The van der Waals surface area contributed by atoms with Gasteiger partial charge >= 0.3 is 0 Å². The molecule has 0 amide bonds. The first-order valence-corrected chi connectivity index (χ1v) is 7.90. The fourth-order valence-electron chi connectivity index (χ4n) is 2.21. The number of rotatable bonds is 6. The minimum absolute atomic E-state index is 0.639. The van der Waals surface area contributed by atoms with E-state index in [9.17, 15) is 0 Å². The Hall–Kier alpha value is -1.05. The van der Waals surface area contributed by atoms with Crippen LogP contribution in [0.4, 0.5) is 11.6 Å². The summed E-state index contributed by atoms with van der Waals surface area (Å²) in [5, 5.41) is 4.06. The van der Waals surface area contributed by atoms with E-state index in [0.29, 0.717) is 5.82 Å². The molecule has 0 radical (unpaired) electrons. The maximum atomic E-state index is 5.40. The van der Waals surface area contributed by atoms with Crippen LogP contribution in [0.3, 0.4) is 0 Å². The summed E-state index contributed by atoms with van der Waals surface area (Å²) in [6.07, 6.45) is 5.97. The van der Waals surface area contributed by atoms with Crippen molar-refractivity contribution in [2.75, 3.05) is 43.2 Å². The zero-order valence-corrected chi connectivity index (χ0v) is 12.2. The molecule has 6 nitrogen and oxygen atoms in total. The summed E-state index contributed by atoms with van der Waals surface area (Å²) in [7, 11) is 0. The van der Waals surface area contributed by atoms with Crippen LogP contribution < -0.4 is 16.6 Å². The Morgan fingerprint density at radius 2 is 2.00 bits per heavy atom. The van der Waals surface area contributed by atoms with E-state index in [0.717, 1.165) is 24.1 Å². The molecule has 0 bridgehead atoms. The summed E-state index contributed by atoms with van der Waals surface area (Å²) in [5.41, 5.74) is 2.57. The number of hydrogen-bond donors (Lipinski definition) is 3. The summed E-state index contributed by atoms with van der Waals surface area (Å²) >= 11 is 1.51. The molecular weight excluding hydrogens is 260 g/mol. The van der Waals surface area contributed by atoms with Crippen LogP contribution in [0, 0.1) is 0 Å². The molecule has 7 heteroatoms. The number of nitrogens with two attached hydrogens (primary N) is 1. The molecule has 1 aliphatic heterocycles. The van der Waals surface area contributed by atoms with Crippen LogP contribution >= 0.6 is 11.8 Å². The highest BCUT2D eigenvalue weighted by atomic mass is 32.2. The number of nitrogens with one attached hydrogen (secondary N) is 2. The third kappa shape index (κ3) is 4.52. The molecule has 2 rings (SSSR count). The van der Waals surface area contributed by atoms with Gasteiger partial charge < -0.3 is 15.6 Å². The summed E-state index contributed by atoms with van der Waals surface area (Å²) in [6, 6.07) is 1.83. The number of piperidine rings is 1. The van der Waals surface area contributed by atoms with Crippen LogP contribution in [0.25, 0.3) is 0 Å². The molecule has 0 saturated carbocycles. The second-order valence-electron chi connectivity index (χ2n) is 4.60. The standard InChI is InChI=1S/C12H22N6S/c1-19-12-15-10(9-11(16-12)17-13)14-5-8-18-6-3-2-4-7-18/h9H,2-8,13H2,1H3,(H2,14,15,16,17). The van der Waals surface area contributed by atoms with Crippen molar-refractivity contribution in [2.45, 2.75) is 24.4 Å². The Kier molecular flexibility index (Phi) is 5.68. The molecule has 1 aliphatic rings. The highest BCUT2D eigenvalue weighted by Gasteiger charge is 2.09. The normalized spacial score (nSPS) is 16.3. The number of nitrogen functional groups attached to an aromatic ring is 1. The lowest BCUT2D eigenvalue weighted by molar-refractivity contribution is 0.237. The van der Waals surface area contributed by atoms with Gasteiger partial charge in [0.25, 0.3) is 0 Å². The third-order valence-electron chi connectivity index (χ3n) is 3.22. The van der Waals surface area contributed by atoms with Gasteiger partial charge in [-0.15, -0.1) is 0 Å². The van der Waals surface area contributed by atoms with Crippen LogP contribution in [0.2, 0.25) is 0 Å². The molecule has 0 spiro atoms. The van der Waals surface area contributed by atoms with Gasteiger partial charge in [-0.25, -0.2) is 15.8 Å². The van der Waals surface area contributed by atoms with Crippen molar-refractivity contribution in [3.05, 3.63) is 6.07 Å². The summed E-state index contributed by atoms with van der Waals surface area (Å²) in [4.78, 5) is 11.1. The maximum Gasteiger partial charge on any atom is 0.191 e. The van der Waals surface area contributed by atoms with E-state index in [1.165, 1.54) is 44.1 Å². The van der Waals surface area contributed by atoms with Crippen molar-refractivity contribution in [1.29, 1.82) is 0 Å². The SMILES string of the molecule is CSc1nc(NN)cc(NCCN2CCCCC2)n1. The van der Waals surface area contributed by atoms with Gasteiger partial charge in [-0.2, -0.15) is 0 Å². The number of hydrazine groups is 1. The van der Waals surface area contributed by atoms with E-state index in [4.69, 9.17) is 5.84 Å². The number of aromatic nitrogens is 2. The van der Waals surface area contributed by atoms with Gasteiger partial charge in [0.1, 0.15) is 11.6 Å². The molecule has 1 fully saturated rings. The smallest absolute Gasteiger partial charge is 0.191 e. The Morgan fingerprint density at radius 1 is 1.26 bits per heavy atom. The first-order chi connectivity index (χ1) is 9.31. The van der Waals surface area contributed by atoms with Crippen LogP contribution in [-0.2, 0) is 0 Å². The van der Waals surface area contributed by atoms with E-state index in [1.54, 1.807) is 0 Å². The molecule has 0 atom stereocenters. The van der Waals surface area contributed by atoms with Crippen molar-refractivity contribution in [3.63, 3.8) is 0 Å². The van der Waals surface area contributed by atoms with E-state index in [1.807, 2.05) is 12.3 Å². The lowest BCUT2D eigenvalue weighted by Gasteiger charge is -2.26. The fraction of sp³-hybridized carbons (Fsp3) is 0.667. The maximum absolute atomic E-state index is 5.40. The van der Waals surface area contributed by atoms with E-state index in [2.05, 4.69) is 25.6 Å². The van der Waals surface area contributed by atoms with E-state index < -0.39 is 0 Å². The van der Waals surface area contributed by atoms with E-state index in [-0.39, 0.29) is 0 Å². The lowest BCUT2D eigenvalue weighted by atomic mass is 10.1. The van der Waals surface area contributed by atoms with Gasteiger partial charge in [0.2, 0.25) is 0 Å². The number of anilines is 2. The van der Waals surface area contributed by atoms with Gasteiger partial charge in [-0.05, 0) is 32.2 Å². The average molecular weight is 282 g/mol. The molecule has 0 unspecified atom stereocenters. The highest BCUT2D eigenvalue weighted by molar-refractivity contribution is 7.98. The summed E-state index contributed by atoms with van der Waals surface area (Å²) in [5.74, 6) is 6.86. The Morgan fingerprint density at radius 3 is 2.68 bits per heavy atom. The molecule has 1 aromatic rings. The van der Waals surface area contributed by atoms with Crippen LogP contribution in [0.15, 0.2) is 11.2 Å². The van der Waals surface area contributed by atoms with Crippen LogP contribution in [-0.4, -0.2) is 47.3 Å². The quantitative estimate of drug-likeness (QED) is 0.315. The zero-order valence-electron chi connectivity index (χ0n) is 11.4. The molecule has 1 saturated heterocycles. The number of thioether (sulfide) groups is 1. The van der Waals surface area contributed by atoms with Crippen molar-refractivity contribution in [3.8, 4) is 0 Å². The average Bonchev–Trinajstić information content (AvgIpc) is 2.48. The molecule has 1 aromatic heterocycles. The molecule has 4 N–H and O–H groups in total. The Labute approximate surface area is 118 Å². The van der Waals surface area contributed by atoms with Crippen molar-refractivity contribution >= 4 is 23.4 Å². The molecule has 106 valence electrons. The monoisotopic (exact) mass is 282 g/mol. The second kappa shape index (κ2) is 7.52.